The Morgan fingerprint density at radius 2 is 2.11 bits per heavy atom. The van der Waals surface area contributed by atoms with Crippen molar-refractivity contribution in [2.24, 2.45) is 11.8 Å². The molecule has 0 saturated heterocycles. The van der Waals surface area contributed by atoms with Gasteiger partial charge in [0.1, 0.15) is 0 Å². The minimum absolute atomic E-state index is 0. The van der Waals surface area contributed by atoms with Crippen LogP contribution in [0.5, 0.6) is 0 Å². The van der Waals surface area contributed by atoms with Crippen LogP contribution >= 0.6 is 0 Å². The fraction of sp³-hybridized carbons (Fsp3) is 0.875. The third kappa shape index (κ3) is 2.68. The Labute approximate surface area is 83.7 Å². The first-order chi connectivity index (χ1) is 3.84. The molecule has 0 amide bonds. The van der Waals surface area contributed by atoms with Gasteiger partial charge < -0.3 is 6.92 Å². The van der Waals surface area contributed by atoms with E-state index in [0.29, 0.717) is 0 Å². The topological polar surface area (TPSA) is 0 Å². The fourth-order valence-electron chi connectivity index (χ4n) is 1.65. The van der Waals surface area contributed by atoms with Crippen LogP contribution in [0.1, 0.15) is 32.6 Å². The first-order valence-electron chi connectivity index (χ1n) is 3.67. The smallest absolute Gasteiger partial charge is 0 e. The molecule has 1 aliphatic rings. The maximum Gasteiger partial charge on any atom is 0 e. The van der Waals surface area contributed by atoms with Gasteiger partial charge in [-0.1, -0.05) is 38.5 Å². The molecule has 1 saturated carbocycles. The summed E-state index contributed by atoms with van der Waals surface area (Å²) in [6, 6.07) is 0. The van der Waals surface area contributed by atoms with Gasteiger partial charge in [-0.05, 0) is 0 Å². The molecule has 2 unspecified atom stereocenters. The van der Waals surface area contributed by atoms with E-state index < -0.39 is 0 Å². The zero-order chi connectivity index (χ0) is 5.98. The van der Waals surface area contributed by atoms with Gasteiger partial charge in [-0.2, -0.15) is 5.92 Å². The van der Waals surface area contributed by atoms with E-state index in [9.17, 15) is 0 Å². The van der Waals surface area contributed by atoms with Crippen molar-refractivity contribution in [3.63, 3.8) is 0 Å². The van der Waals surface area contributed by atoms with Gasteiger partial charge in [-0.3, -0.25) is 0 Å². The van der Waals surface area contributed by atoms with Gasteiger partial charge in [0.2, 0.25) is 0 Å². The second kappa shape index (κ2) is 4.85. The minimum Gasteiger partial charge on any atom is -0.340 e. The summed E-state index contributed by atoms with van der Waals surface area (Å²) in [5.41, 5.74) is 0. The molecule has 2 atom stereocenters. The summed E-state index contributed by atoms with van der Waals surface area (Å²) in [6.07, 6.45) is 5.57. The van der Waals surface area contributed by atoms with Crippen LogP contribution in [0.15, 0.2) is 0 Å². The van der Waals surface area contributed by atoms with E-state index in [4.69, 9.17) is 0 Å². The van der Waals surface area contributed by atoms with Gasteiger partial charge in [0.05, 0.1) is 0 Å². The van der Waals surface area contributed by atoms with Gasteiger partial charge in [-0.25, -0.2) is 0 Å². The molecule has 0 N–H and O–H groups in total. The average Bonchev–Trinajstić information content (AvgIpc) is 2.14. The summed E-state index contributed by atoms with van der Waals surface area (Å²) < 4.78 is 0. The van der Waals surface area contributed by atoms with Crippen LogP contribution in [-0.2, 0) is 32.7 Å². The predicted octanol–water partition coefficient (Wildman–Crippen LogP) is 2.64. The Morgan fingerprint density at radius 3 is 2.33 bits per heavy atom. The van der Waals surface area contributed by atoms with Crippen molar-refractivity contribution in [2.75, 3.05) is 0 Å². The van der Waals surface area contributed by atoms with Crippen molar-refractivity contribution in [1.29, 1.82) is 0 Å². The molecule has 0 aliphatic heterocycles. The van der Waals surface area contributed by atoms with E-state index in [1.54, 1.807) is 0 Å². The number of rotatable bonds is 1. The third-order valence-electron chi connectivity index (χ3n) is 2.34. The van der Waals surface area contributed by atoms with Crippen molar-refractivity contribution in [1.82, 2.24) is 0 Å². The summed E-state index contributed by atoms with van der Waals surface area (Å²) in [5.74, 6) is 1.73. The van der Waals surface area contributed by atoms with Crippen LogP contribution < -0.4 is 0 Å². The van der Waals surface area contributed by atoms with Crippen molar-refractivity contribution >= 4 is 0 Å². The van der Waals surface area contributed by atoms with Gasteiger partial charge in [0.15, 0.2) is 0 Å². The second-order valence-electron chi connectivity index (χ2n) is 2.86. The zero-order valence-corrected chi connectivity index (χ0v) is 9.11. The van der Waals surface area contributed by atoms with E-state index in [1.165, 1.54) is 25.7 Å². The second-order valence-corrected chi connectivity index (χ2v) is 2.86. The molecule has 0 aromatic rings. The molecule has 0 nitrogen and oxygen atoms in total. The molecule has 0 heterocycles. The molecule has 0 aromatic heterocycles. The molecule has 1 aliphatic carbocycles. The Balaban J connectivity index is 0.000000640. The maximum absolute atomic E-state index is 4.09. The monoisotopic (exact) mass is 200 g/mol. The molecule has 1 rings (SSSR count). The van der Waals surface area contributed by atoms with E-state index >= 15 is 0 Å². The maximum atomic E-state index is 4.09. The quantitative estimate of drug-likeness (QED) is 0.571. The van der Waals surface area contributed by atoms with Gasteiger partial charge in [-0.15, -0.1) is 0 Å². The molecular formula is C8H15Y-. The summed E-state index contributed by atoms with van der Waals surface area (Å²) in [4.78, 5) is 0. The van der Waals surface area contributed by atoms with E-state index in [0.717, 1.165) is 11.8 Å². The molecule has 1 fully saturated rings. The van der Waals surface area contributed by atoms with E-state index in [-0.39, 0.29) is 32.7 Å². The van der Waals surface area contributed by atoms with Crippen LogP contribution in [0.4, 0.5) is 0 Å². The minimum atomic E-state index is 0. The van der Waals surface area contributed by atoms with Crippen LogP contribution in [-0.4, -0.2) is 0 Å². The molecule has 1 radical (unpaired) electrons. The van der Waals surface area contributed by atoms with Crippen molar-refractivity contribution in [2.45, 2.75) is 32.6 Å². The van der Waals surface area contributed by atoms with Crippen LogP contribution in [0.2, 0.25) is 0 Å². The summed E-state index contributed by atoms with van der Waals surface area (Å²) in [5, 5.41) is 0. The van der Waals surface area contributed by atoms with Crippen LogP contribution in [0.3, 0.4) is 0 Å². The Morgan fingerprint density at radius 1 is 1.44 bits per heavy atom. The normalized spacial score (nSPS) is 34.0. The Bertz CT molecular complexity index is 71.0. The Hall–Kier alpha value is 1.10. The Kier molecular flexibility index (Phi) is 5.44. The molecule has 9 heavy (non-hydrogen) atoms. The van der Waals surface area contributed by atoms with Crippen LogP contribution in [0.25, 0.3) is 0 Å². The standard InChI is InChI=1S/C8H15.Y/c1-3-8-6-4-5-7(8)2;/h7-8H,2-6H2,1H3;/q-1;. The largest absolute Gasteiger partial charge is 0.340 e. The van der Waals surface area contributed by atoms with Gasteiger partial charge in [0, 0.05) is 32.7 Å². The first-order valence-corrected chi connectivity index (χ1v) is 3.67. The van der Waals surface area contributed by atoms with Crippen LogP contribution in [0, 0.1) is 18.8 Å². The molecule has 51 valence electrons. The molecule has 1 heteroatoms. The first kappa shape index (κ1) is 10.1. The third-order valence-corrected chi connectivity index (χ3v) is 2.34. The van der Waals surface area contributed by atoms with Gasteiger partial charge >= 0.3 is 0 Å². The zero-order valence-electron chi connectivity index (χ0n) is 6.27. The summed E-state index contributed by atoms with van der Waals surface area (Å²) >= 11 is 0. The number of hydrogen-bond acceptors (Lipinski definition) is 0. The summed E-state index contributed by atoms with van der Waals surface area (Å²) in [6.45, 7) is 6.36. The van der Waals surface area contributed by atoms with Gasteiger partial charge in [0.25, 0.3) is 0 Å². The predicted molar refractivity (Wildman–Crippen MR) is 36.5 cm³/mol. The van der Waals surface area contributed by atoms with E-state index in [2.05, 4.69) is 13.8 Å². The van der Waals surface area contributed by atoms with Crippen molar-refractivity contribution in [3.8, 4) is 0 Å². The average molecular weight is 200 g/mol. The summed E-state index contributed by atoms with van der Waals surface area (Å²) in [7, 11) is 0. The fourth-order valence-corrected chi connectivity index (χ4v) is 1.65. The van der Waals surface area contributed by atoms with Crippen molar-refractivity contribution < 1.29 is 32.7 Å². The number of hydrogen-bond donors (Lipinski definition) is 0. The van der Waals surface area contributed by atoms with Crippen molar-refractivity contribution in [3.05, 3.63) is 6.92 Å². The molecular weight excluding hydrogens is 185 g/mol. The molecule has 0 spiro atoms. The SMILES string of the molecule is [CH2-]C1CCCC1CC.[Y]. The molecule has 0 aromatic carbocycles. The molecule has 0 bridgehead atoms. The van der Waals surface area contributed by atoms with E-state index in [1.807, 2.05) is 0 Å².